The van der Waals surface area contributed by atoms with Gasteiger partial charge in [-0.1, -0.05) is 75.3 Å². The Kier molecular flexibility index (Phi) is 17.9. The van der Waals surface area contributed by atoms with Crippen molar-refractivity contribution in [3.8, 4) is 0 Å². The molecule has 0 saturated heterocycles. The number of carbonyl (C=O) groups is 4. The minimum absolute atomic E-state index is 0.232. The number of hydrogen-bond donors (Lipinski definition) is 8. The van der Waals surface area contributed by atoms with Crippen LogP contribution >= 0.6 is 23.5 Å². The third-order valence-corrected chi connectivity index (χ3v) is 11.5. The lowest BCUT2D eigenvalue weighted by Crippen LogP contribution is -2.37. The number of rotatable bonds is 18. The average molecular weight is 835 g/mol. The van der Waals surface area contributed by atoms with Gasteiger partial charge < -0.3 is 44.2 Å². The van der Waals surface area contributed by atoms with E-state index in [4.69, 9.17) is 22.9 Å². The van der Waals surface area contributed by atoms with E-state index in [9.17, 15) is 19.2 Å². The maximum atomic E-state index is 14.0. The number of thioether (sulfide) groups is 2. The second-order valence-electron chi connectivity index (χ2n) is 17.5. The van der Waals surface area contributed by atoms with Gasteiger partial charge in [-0.05, 0) is 89.1 Å². The van der Waals surface area contributed by atoms with Gasteiger partial charge in [0.2, 0.25) is 11.8 Å². The second-order valence-corrected chi connectivity index (χ2v) is 19.7. The molecule has 0 aliphatic rings. The highest BCUT2D eigenvalue weighted by molar-refractivity contribution is 7.99. The maximum absolute atomic E-state index is 14.0. The molecule has 0 saturated carbocycles. The summed E-state index contributed by atoms with van der Waals surface area (Å²) in [6, 6.07) is 12.7. The third kappa shape index (κ3) is 14.1. The largest absolute Gasteiger partial charge is 0.330 e. The highest BCUT2D eigenvalue weighted by atomic mass is 32.2. The van der Waals surface area contributed by atoms with Crippen LogP contribution in [0.15, 0.2) is 58.3 Å². The molecule has 3 aromatic carbocycles. The number of anilines is 4. The van der Waals surface area contributed by atoms with E-state index in [0.717, 1.165) is 11.1 Å². The molecule has 0 radical (unpaired) electrons. The quantitative estimate of drug-likeness (QED) is 0.0590. The van der Waals surface area contributed by atoms with Crippen LogP contribution in [-0.4, -0.2) is 60.3 Å². The van der Waals surface area contributed by atoms with E-state index in [0.29, 0.717) is 70.0 Å². The molecule has 0 aliphatic heterocycles. The standard InChI is InChI=1S/C44H66N8O4S2/c1-25(2)18-31(47)41(55)51-35-23-29(43(5,6)7)21-33(37(35)57-16-14-45)49-39(53)27-12-11-13-28(20-27)40(54)50-34-22-30(44(8,9)10)24-36(38(34)58-17-15-46)52-42(56)32(48)19-26(3)4/h11-13,20-26,31-32H,14-19,45-48H2,1-10H3,(H,49,53)(H,50,54)(H,51,55)(H,52,56)/t31-,32?/m0/s1. The molecule has 0 aliphatic carbocycles. The molecule has 0 spiro atoms. The van der Waals surface area contributed by atoms with Gasteiger partial charge in [-0.3, -0.25) is 19.2 Å². The molecule has 4 amide bonds. The smallest absolute Gasteiger partial charge is 0.255 e. The van der Waals surface area contributed by atoms with Crippen molar-refractivity contribution in [2.75, 3.05) is 45.9 Å². The highest BCUT2D eigenvalue weighted by Crippen LogP contribution is 2.41. The predicted octanol–water partition coefficient (Wildman–Crippen LogP) is 7.51. The van der Waals surface area contributed by atoms with Crippen molar-refractivity contribution in [3.05, 3.63) is 70.8 Å². The Hall–Kier alpha value is -3.92. The van der Waals surface area contributed by atoms with Crippen LogP contribution in [0.2, 0.25) is 0 Å². The van der Waals surface area contributed by atoms with Crippen molar-refractivity contribution in [2.45, 2.75) is 115 Å². The van der Waals surface area contributed by atoms with Crippen LogP contribution < -0.4 is 44.2 Å². The third-order valence-electron chi connectivity index (χ3n) is 9.16. The van der Waals surface area contributed by atoms with E-state index in [1.807, 2.05) is 52.0 Å². The Morgan fingerprint density at radius 1 is 0.569 bits per heavy atom. The summed E-state index contributed by atoms with van der Waals surface area (Å²) in [7, 11) is 0. The van der Waals surface area contributed by atoms with E-state index in [1.165, 1.54) is 29.6 Å². The van der Waals surface area contributed by atoms with Gasteiger partial charge in [0.05, 0.1) is 44.6 Å². The van der Waals surface area contributed by atoms with Gasteiger partial charge in [-0.2, -0.15) is 0 Å². The normalized spacial score (nSPS) is 13.0. The molecule has 0 aromatic heterocycles. The molecule has 14 heteroatoms. The Morgan fingerprint density at radius 3 is 1.19 bits per heavy atom. The Balaban J connectivity index is 2.04. The fourth-order valence-corrected chi connectivity index (χ4v) is 7.71. The fraction of sp³-hybridized carbons (Fsp3) is 0.500. The first-order chi connectivity index (χ1) is 27.0. The molecule has 12 nitrogen and oxygen atoms in total. The Bertz CT molecular complexity index is 1790. The molecule has 0 heterocycles. The van der Waals surface area contributed by atoms with E-state index in [1.54, 1.807) is 18.2 Å². The summed E-state index contributed by atoms with van der Waals surface area (Å²) in [5.74, 6) is 0.0185. The Morgan fingerprint density at radius 2 is 0.897 bits per heavy atom. The molecule has 318 valence electrons. The van der Waals surface area contributed by atoms with Crippen molar-refractivity contribution >= 4 is 69.9 Å². The fourth-order valence-electron chi connectivity index (χ4n) is 6.00. The molecule has 0 fully saturated rings. The first-order valence-electron chi connectivity index (χ1n) is 19.9. The molecular formula is C44H66N8O4S2. The first-order valence-corrected chi connectivity index (χ1v) is 21.9. The number of carbonyl (C=O) groups excluding carboxylic acids is 4. The summed E-state index contributed by atoms with van der Waals surface area (Å²) in [6.45, 7) is 21.1. The van der Waals surface area contributed by atoms with Gasteiger partial charge in [-0.25, -0.2) is 0 Å². The number of benzene rings is 3. The molecule has 2 atom stereocenters. The molecule has 3 rings (SSSR count). The summed E-state index contributed by atoms with van der Waals surface area (Å²) in [6.07, 6.45) is 1.04. The topological polar surface area (TPSA) is 220 Å². The summed E-state index contributed by atoms with van der Waals surface area (Å²) in [5, 5.41) is 12.2. The van der Waals surface area contributed by atoms with Gasteiger partial charge in [0.1, 0.15) is 0 Å². The molecule has 58 heavy (non-hydrogen) atoms. The van der Waals surface area contributed by atoms with Gasteiger partial charge in [-0.15, -0.1) is 23.5 Å². The van der Waals surface area contributed by atoms with Crippen molar-refractivity contribution in [1.82, 2.24) is 0 Å². The number of amides is 4. The number of nitrogens with one attached hydrogen (secondary N) is 4. The zero-order valence-electron chi connectivity index (χ0n) is 35.9. The molecular weight excluding hydrogens is 769 g/mol. The van der Waals surface area contributed by atoms with E-state index in [-0.39, 0.29) is 45.6 Å². The lowest BCUT2D eigenvalue weighted by Gasteiger charge is -2.25. The van der Waals surface area contributed by atoms with Crippen LogP contribution in [0.5, 0.6) is 0 Å². The van der Waals surface area contributed by atoms with Gasteiger partial charge in [0, 0.05) is 35.7 Å². The SMILES string of the molecule is CC(C)CC(N)C(=O)Nc1cc(C(C)(C)C)cc(NC(=O)c2cccc(C(=O)Nc3cc(C(C)(C)C)cc(NC(=O)[C@@H](N)CC(C)C)c3SCCN)c2)c1SCCN. The molecule has 3 aromatic rings. The monoisotopic (exact) mass is 834 g/mol. The van der Waals surface area contributed by atoms with Crippen molar-refractivity contribution < 1.29 is 19.2 Å². The van der Waals surface area contributed by atoms with Crippen LogP contribution in [0.1, 0.15) is 114 Å². The summed E-state index contributed by atoms with van der Waals surface area (Å²) in [5.41, 5.74) is 28.0. The molecule has 0 bridgehead atoms. The highest BCUT2D eigenvalue weighted by Gasteiger charge is 2.26. The van der Waals surface area contributed by atoms with Crippen LogP contribution in [0, 0.1) is 11.8 Å². The summed E-state index contributed by atoms with van der Waals surface area (Å²) in [4.78, 5) is 55.9. The lowest BCUT2D eigenvalue weighted by molar-refractivity contribution is -0.118. The molecule has 1 unspecified atom stereocenters. The number of hydrogen-bond acceptors (Lipinski definition) is 10. The number of nitrogens with two attached hydrogens (primary N) is 4. The van der Waals surface area contributed by atoms with Crippen molar-refractivity contribution in [1.29, 1.82) is 0 Å². The van der Waals surface area contributed by atoms with E-state index >= 15 is 0 Å². The van der Waals surface area contributed by atoms with Crippen LogP contribution in [0.25, 0.3) is 0 Å². The lowest BCUT2D eigenvalue weighted by atomic mass is 9.86. The maximum Gasteiger partial charge on any atom is 0.255 e. The van der Waals surface area contributed by atoms with Crippen molar-refractivity contribution in [3.63, 3.8) is 0 Å². The summed E-state index contributed by atoms with van der Waals surface area (Å²) >= 11 is 2.85. The minimum atomic E-state index is -0.706. The average Bonchev–Trinajstić information content (AvgIpc) is 3.12. The van der Waals surface area contributed by atoms with E-state index in [2.05, 4.69) is 62.8 Å². The zero-order valence-corrected chi connectivity index (χ0v) is 37.6. The van der Waals surface area contributed by atoms with Crippen LogP contribution in [0.3, 0.4) is 0 Å². The van der Waals surface area contributed by atoms with Crippen molar-refractivity contribution in [2.24, 2.45) is 34.8 Å². The zero-order chi connectivity index (χ0) is 43.5. The first kappa shape index (κ1) is 48.4. The Labute approximate surface area is 353 Å². The van der Waals surface area contributed by atoms with Crippen LogP contribution in [0.4, 0.5) is 22.7 Å². The second kappa shape index (κ2) is 21.4. The minimum Gasteiger partial charge on any atom is -0.330 e. The predicted molar refractivity (Wildman–Crippen MR) is 244 cm³/mol. The van der Waals surface area contributed by atoms with E-state index < -0.39 is 23.9 Å². The summed E-state index contributed by atoms with van der Waals surface area (Å²) < 4.78 is 0. The van der Waals surface area contributed by atoms with Gasteiger partial charge in [0.25, 0.3) is 11.8 Å². The molecule has 12 N–H and O–H groups in total. The van der Waals surface area contributed by atoms with Crippen LogP contribution in [-0.2, 0) is 20.4 Å². The van der Waals surface area contributed by atoms with Gasteiger partial charge in [0.15, 0.2) is 0 Å². The van der Waals surface area contributed by atoms with Gasteiger partial charge >= 0.3 is 0 Å².